The van der Waals surface area contributed by atoms with Crippen LogP contribution in [-0.2, 0) is 9.84 Å². The number of anilines is 2. The van der Waals surface area contributed by atoms with Crippen LogP contribution in [0.1, 0.15) is 20.3 Å². The molecule has 1 fully saturated rings. The van der Waals surface area contributed by atoms with E-state index in [4.69, 9.17) is 5.73 Å². The number of sulfone groups is 1. The van der Waals surface area contributed by atoms with Gasteiger partial charge in [0.1, 0.15) is 9.90 Å². The summed E-state index contributed by atoms with van der Waals surface area (Å²) >= 11 is 1.19. The molecule has 1 saturated heterocycles. The van der Waals surface area contributed by atoms with Crippen LogP contribution in [0.5, 0.6) is 0 Å². The van der Waals surface area contributed by atoms with Gasteiger partial charge in [0.15, 0.2) is 15.7 Å². The lowest BCUT2D eigenvalue weighted by molar-refractivity contribution is 0.597. The molecule has 0 radical (unpaired) electrons. The van der Waals surface area contributed by atoms with Crippen molar-refractivity contribution in [3.63, 3.8) is 0 Å². The molecule has 1 aromatic heterocycles. The highest BCUT2D eigenvalue weighted by Crippen LogP contribution is 2.37. The fourth-order valence-electron chi connectivity index (χ4n) is 2.04. The van der Waals surface area contributed by atoms with Gasteiger partial charge in [0.2, 0.25) is 0 Å². The molecule has 2 rings (SSSR count). The Morgan fingerprint density at radius 3 is 2.82 bits per heavy atom. The van der Waals surface area contributed by atoms with Crippen molar-refractivity contribution in [2.24, 2.45) is 5.92 Å². The molecule has 0 bridgehead atoms. The molecule has 0 saturated carbocycles. The summed E-state index contributed by atoms with van der Waals surface area (Å²) in [6, 6.07) is 0. The first kappa shape index (κ1) is 12.6. The lowest BCUT2D eigenvalue weighted by Gasteiger charge is -2.17. The summed E-state index contributed by atoms with van der Waals surface area (Å²) in [5.41, 5.74) is 5.70. The monoisotopic (exact) mass is 275 g/mol. The van der Waals surface area contributed by atoms with Crippen molar-refractivity contribution in [3.05, 3.63) is 0 Å². The highest BCUT2D eigenvalue weighted by molar-refractivity contribution is 7.91. The summed E-state index contributed by atoms with van der Waals surface area (Å²) in [5.74, 6) is 0.799. The topological polar surface area (TPSA) is 76.3 Å². The van der Waals surface area contributed by atoms with Crippen LogP contribution >= 0.6 is 11.5 Å². The van der Waals surface area contributed by atoms with Crippen molar-refractivity contribution < 1.29 is 8.42 Å². The third kappa shape index (κ3) is 2.26. The Balaban J connectivity index is 2.43. The first-order valence-corrected chi connectivity index (χ1v) is 8.11. The van der Waals surface area contributed by atoms with Crippen LogP contribution in [0, 0.1) is 5.92 Å². The Kier molecular flexibility index (Phi) is 3.31. The molecule has 0 spiro atoms. The normalized spacial score (nSPS) is 21.1. The molecule has 0 amide bonds. The Bertz CT molecular complexity index is 510. The van der Waals surface area contributed by atoms with Crippen molar-refractivity contribution in [2.75, 3.05) is 29.5 Å². The van der Waals surface area contributed by atoms with E-state index >= 15 is 0 Å². The summed E-state index contributed by atoms with van der Waals surface area (Å²) in [4.78, 5) is 2.32. The van der Waals surface area contributed by atoms with Crippen LogP contribution in [-0.4, -0.2) is 31.6 Å². The molecule has 96 valence electrons. The smallest absolute Gasteiger partial charge is 0.184 e. The number of rotatable bonds is 3. The quantitative estimate of drug-likeness (QED) is 0.901. The number of nitrogen functional groups attached to an aromatic ring is 1. The van der Waals surface area contributed by atoms with Gasteiger partial charge in [0.05, 0.1) is 5.75 Å². The lowest BCUT2D eigenvalue weighted by atomic mass is 10.2. The minimum Gasteiger partial charge on any atom is -0.382 e. The van der Waals surface area contributed by atoms with Crippen LogP contribution in [0.2, 0.25) is 0 Å². The molecular formula is C10H17N3O2S2. The molecule has 17 heavy (non-hydrogen) atoms. The third-order valence-corrected chi connectivity index (χ3v) is 5.90. The maximum atomic E-state index is 12.0. The molecule has 5 nitrogen and oxygen atoms in total. The predicted octanol–water partition coefficient (Wildman–Crippen LogP) is 1.37. The second-order valence-corrected chi connectivity index (χ2v) is 7.41. The van der Waals surface area contributed by atoms with Crippen LogP contribution in [0.15, 0.2) is 4.90 Å². The Hall–Kier alpha value is -0.820. The van der Waals surface area contributed by atoms with E-state index in [-0.39, 0.29) is 16.5 Å². The summed E-state index contributed by atoms with van der Waals surface area (Å²) in [7, 11) is -3.29. The fraction of sp³-hybridized carbons (Fsp3) is 0.700. The molecule has 1 aromatic rings. The predicted molar refractivity (Wildman–Crippen MR) is 70.2 cm³/mol. The van der Waals surface area contributed by atoms with E-state index in [1.165, 1.54) is 11.5 Å². The summed E-state index contributed by atoms with van der Waals surface area (Å²) < 4.78 is 28.0. The van der Waals surface area contributed by atoms with E-state index in [1.807, 2.05) is 0 Å². The molecule has 0 aliphatic carbocycles. The zero-order valence-electron chi connectivity index (χ0n) is 10.0. The number of hydrogen-bond acceptors (Lipinski definition) is 6. The average Bonchev–Trinajstić information content (AvgIpc) is 2.84. The third-order valence-electron chi connectivity index (χ3n) is 3.06. The van der Waals surface area contributed by atoms with Gasteiger partial charge >= 0.3 is 0 Å². The maximum absolute atomic E-state index is 12.0. The van der Waals surface area contributed by atoms with Crippen molar-refractivity contribution >= 4 is 32.2 Å². The number of nitrogens with zero attached hydrogens (tertiary/aromatic N) is 2. The minimum atomic E-state index is -3.29. The molecular weight excluding hydrogens is 258 g/mol. The van der Waals surface area contributed by atoms with Crippen molar-refractivity contribution in [2.45, 2.75) is 25.2 Å². The lowest BCUT2D eigenvalue weighted by Crippen LogP contribution is -2.20. The van der Waals surface area contributed by atoms with Gasteiger partial charge in [-0.15, -0.1) is 0 Å². The SMILES string of the molecule is CCS(=O)(=O)c1c(N)nsc1N1CCC(C)C1. The van der Waals surface area contributed by atoms with Gasteiger partial charge in [-0.1, -0.05) is 13.8 Å². The van der Waals surface area contributed by atoms with Gasteiger partial charge in [-0.05, 0) is 23.9 Å². The average molecular weight is 275 g/mol. The van der Waals surface area contributed by atoms with Gasteiger partial charge in [-0.25, -0.2) is 8.42 Å². The van der Waals surface area contributed by atoms with Crippen molar-refractivity contribution in [1.82, 2.24) is 4.37 Å². The highest BCUT2D eigenvalue weighted by atomic mass is 32.2. The molecule has 0 aromatic carbocycles. The van der Waals surface area contributed by atoms with Gasteiger partial charge in [-0.2, -0.15) is 4.37 Å². The van der Waals surface area contributed by atoms with E-state index in [0.29, 0.717) is 10.9 Å². The molecule has 2 heterocycles. The van der Waals surface area contributed by atoms with E-state index in [0.717, 1.165) is 19.5 Å². The second kappa shape index (κ2) is 4.45. The van der Waals surface area contributed by atoms with E-state index in [2.05, 4.69) is 16.2 Å². The minimum absolute atomic E-state index is 0.0615. The maximum Gasteiger partial charge on any atom is 0.184 e. The standard InChI is InChI=1S/C10H17N3O2S2/c1-3-17(14,15)8-9(11)12-16-10(8)13-5-4-7(2)6-13/h7H,3-6H2,1-2H3,(H2,11,12). The zero-order chi connectivity index (χ0) is 12.6. The fourth-order valence-corrected chi connectivity index (χ4v) is 4.39. The molecule has 2 N–H and O–H groups in total. The number of hydrogen-bond donors (Lipinski definition) is 1. The largest absolute Gasteiger partial charge is 0.382 e. The van der Waals surface area contributed by atoms with Crippen molar-refractivity contribution in [3.8, 4) is 0 Å². The molecule has 1 aliphatic heterocycles. The van der Waals surface area contributed by atoms with Gasteiger partial charge < -0.3 is 10.6 Å². The Morgan fingerprint density at radius 1 is 1.59 bits per heavy atom. The first-order chi connectivity index (χ1) is 7.95. The van der Waals surface area contributed by atoms with Gasteiger partial charge in [-0.3, -0.25) is 0 Å². The Morgan fingerprint density at radius 2 is 2.29 bits per heavy atom. The van der Waals surface area contributed by atoms with Crippen LogP contribution < -0.4 is 10.6 Å². The zero-order valence-corrected chi connectivity index (χ0v) is 11.6. The van der Waals surface area contributed by atoms with E-state index in [1.54, 1.807) is 6.92 Å². The van der Waals surface area contributed by atoms with Crippen LogP contribution in [0.3, 0.4) is 0 Å². The van der Waals surface area contributed by atoms with E-state index < -0.39 is 9.84 Å². The summed E-state index contributed by atoms with van der Waals surface area (Å²) in [6.45, 7) is 5.56. The van der Waals surface area contributed by atoms with Crippen molar-refractivity contribution in [1.29, 1.82) is 0 Å². The number of aromatic nitrogens is 1. The summed E-state index contributed by atoms with van der Waals surface area (Å²) in [6.07, 6.45) is 1.09. The highest BCUT2D eigenvalue weighted by Gasteiger charge is 2.30. The first-order valence-electron chi connectivity index (χ1n) is 5.68. The van der Waals surface area contributed by atoms with Gasteiger partial charge in [0.25, 0.3) is 0 Å². The molecule has 1 aliphatic rings. The molecule has 7 heteroatoms. The van der Waals surface area contributed by atoms with Crippen LogP contribution in [0.25, 0.3) is 0 Å². The van der Waals surface area contributed by atoms with Crippen LogP contribution in [0.4, 0.5) is 10.8 Å². The second-order valence-electron chi connectivity index (χ2n) is 4.45. The van der Waals surface area contributed by atoms with E-state index in [9.17, 15) is 8.42 Å². The molecule has 1 unspecified atom stereocenters. The number of nitrogens with two attached hydrogens (primary N) is 1. The Labute approximate surface area is 106 Å². The molecule has 1 atom stereocenters. The summed E-state index contributed by atoms with van der Waals surface area (Å²) in [5, 5.41) is 0.716. The van der Waals surface area contributed by atoms with Gasteiger partial charge in [0, 0.05) is 13.1 Å².